The summed E-state index contributed by atoms with van der Waals surface area (Å²) in [6.45, 7) is 5.65. The normalized spacial score (nSPS) is 29.6. The molecular formula is C17H28N2O2. The Hall–Kier alpha value is -1.32. The molecular weight excluding hydrogens is 264 g/mol. The smallest absolute Gasteiger partial charge is 0.224 e. The largest absolute Gasteiger partial charge is 0.356 e. The van der Waals surface area contributed by atoms with Crippen molar-refractivity contribution in [2.24, 2.45) is 23.7 Å². The summed E-state index contributed by atoms with van der Waals surface area (Å²) in [6.07, 6.45) is 9.34. The van der Waals surface area contributed by atoms with Crippen LogP contribution in [0.25, 0.3) is 0 Å². The lowest BCUT2D eigenvalue weighted by molar-refractivity contribution is -0.135. The zero-order chi connectivity index (χ0) is 15.2. The Kier molecular flexibility index (Phi) is 5.83. The Morgan fingerprint density at radius 3 is 1.71 bits per heavy atom. The molecule has 4 nitrogen and oxygen atoms in total. The van der Waals surface area contributed by atoms with Gasteiger partial charge in [0.2, 0.25) is 11.8 Å². The van der Waals surface area contributed by atoms with Crippen molar-refractivity contribution in [3.8, 4) is 0 Å². The first kappa shape index (κ1) is 16.1. The van der Waals surface area contributed by atoms with Gasteiger partial charge in [0.05, 0.1) is 11.8 Å². The fourth-order valence-corrected chi connectivity index (χ4v) is 3.55. The number of allylic oxidation sites excluding steroid dienone is 2. The topological polar surface area (TPSA) is 58.2 Å². The third-order valence-electron chi connectivity index (χ3n) is 4.72. The molecule has 0 unspecified atom stereocenters. The second kappa shape index (κ2) is 7.62. The van der Waals surface area contributed by atoms with Gasteiger partial charge in [0, 0.05) is 13.1 Å². The summed E-state index contributed by atoms with van der Waals surface area (Å²) in [4.78, 5) is 24.9. The van der Waals surface area contributed by atoms with Gasteiger partial charge in [0.15, 0.2) is 0 Å². The van der Waals surface area contributed by atoms with E-state index in [1.165, 1.54) is 0 Å². The van der Waals surface area contributed by atoms with Crippen LogP contribution in [0.3, 0.4) is 0 Å². The van der Waals surface area contributed by atoms with Gasteiger partial charge in [-0.25, -0.2) is 0 Å². The quantitative estimate of drug-likeness (QED) is 0.532. The second-order valence-electron chi connectivity index (χ2n) is 6.29. The van der Waals surface area contributed by atoms with Crippen molar-refractivity contribution in [1.29, 1.82) is 0 Å². The third kappa shape index (κ3) is 3.66. The van der Waals surface area contributed by atoms with Crippen molar-refractivity contribution in [1.82, 2.24) is 10.6 Å². The molecule has 1 fully saturated rings. The molecule has 2 aliphatic rings. The summed E-state index contributed by atoms with van der Waals surface area (Å²) in [5, 5.41) is 6.02. The molecule has 0 aromatic carbocycles. The molecule has 21 heavy (non-hydrogen) atoms. The highest BCUT2D eigenvalue weighted by molar-refractivity contribution is 5.89. The highest BCUT2D eigenvalue weighted by atomic mass is 16.2. The molecule has 0 aromatic rings. The van der Waals surface area contributed by atoms with E-state index in [9.17, 15) is 9.59 Å². The van der Waals surface area contributed by atoms with Crippen LogP contribution in [0.1, 0.15) is 46.0 Å². The SMILES string of the molecule is CCCCNC(=O)[C@@H]1[C@@H](C(=O)NCCCC)[C@H]2C=C[C@H]1C2. The molecule has 2 aliphatic carbocycles. The maximum atomic E-state index is 12.4. The van der Waals surface area contributed by atoms with Gasteiger partial charge >= 0.3 is 0 Å². The number of nitrogens with one attached hydrogen (secondary N) is 2. The van der Waals surface area contributed by atoms with Gasteiger partial charge in [0.1, 0.15) is 0 Å². The van der Waals surface area contributed by atoms with Crippen molar-refractivity contribution in [2.75, 3.05) is 13.1 Å². The fourth-order valence-electron chi connectivity index (χ4n) is 3.55. The molecule has 2 N–H and O–H groups in total. The molecule has 0 saturated heterocycles. The van der Waals surface area contributed by atoms with Crippen LogP contribution in [0, 0.1) is 23.7 Å². The van der Waals surface area contributed by atoms with E-state index in [1.807, 2.05) is 0 Å². The number of unbranched alkanes of at least 4 members (excludes halogenated alkanes) is 2. The van der Waals surface area contributed by atoms with Gasteiger partial charge in [-0.05, 0) is 31.1 Å². The van der Waals surface area contributed by atoms with Crippen molar-refractivity contribution in [3.63, 3.8) is 0 Å². The Labute approximate surface area is 127 Å². The Morgan fingerprint density at radius 1 is 0.905 bits per heavy atom. The van der Waals surface area contributed by atoms with Crippen LogP contribution < -0.4 is 10.6 Å². The fraction of sp³-hybridized carbons (Fsp3) is 0.765. The molecule has 0 heterocycles. The lowest BCUT2D eigenvalue weighted by atomic mass is 9.81. The van der Waals surface area contributed by atoms with E-state index >= 15 is 0 Å². The molecule has 0 radical (unpaired) electrons. The lowest BCUT2D eigenvalue weighted by Crippen LogP contribution is -2.44. The lowest BCUT2D eigenvalue weighted by Gasteiger charge is -2.26. The van der Waals surface area contributed by atoms with Crippen LogP contribution in [0.15, 0.2) is 12.2 Å². The third-order valence-corrected chi connectivity index (χ3v) is 4.72. The monoisotopic (exact) mass is 292 g/mol. The Morgan fingerprint density at radius 2 is 1.33 bits per heavy atom. The van der Waals surface area contributed by atoms with E-state index in [0.29, 0.717) is 0 Å². The summed E-state index contributed by atoms with van der Waals surface area (Å²) in [6, 6.07) is 0. The summed E-state index contributed by atoms with van der Waals surface area (Å²) in [5.74, 6) is 0.293. The number of carbonyl (C=O) groups is 2. The summed E-state index contributed by atoms with van der Waals surface area (Å²) in [5.41, 5.74) is 0. The minimum Gasteiger partial charge on any atom is -0.356 e. The molecule has 118 valence electrons. The summed E-state index contributed by atoms with van der Waals surface area (Å²) >= 11 is 0. The summed E-state index contributed by atoms with van der Waals surface area (Å²) in [7, 11) is 0. The van der Waals surface area contributed by atoms with E-state index in [4.69, 9.17) is 0 Å². The molecule has 4 atom stereocenters. The van der Waals surface area contributed by atoms with Gasteiger partial charge in [-0.15, -0.1) is 0 Å². The first-order chi connectivity index (χ1) is 10.2. The maximum absolute atomic E-state index is 12.4. The number of fused-ring (bicyclic) bond motifs is 2. The van der Waals surface area contributed by atoms with Crippen molar-refractivity contribution in [2.45, 2.75) is 46.0 Å². The van der Waals surface area contributed by atoms with Crippen molar-refractivity contribution in [3.05, 3.63) is 12.2 Å². The van der Waals surface area contributed by atoms with Crippen LogP contribution in [-0.2, 0) is 9.59 Å². The van der Waals surface area contributed by atoms with E-state index in [0.717, 1.165) is 45.2 Å². The number of rotatable bonds is 8. The first-order valence-corrected chi connectivity index (χ1v) is 8.42. The predicted octanol–water partition coefficient (Wildman–Crippen LogP) is 2.26. The molecule has 4 heteroatoms. The van der Waals surface area contributed by atoms with Crippen LogP contribution in [0.2, 0.25) is 0 Å². The molecule has 0 aromatic heterocycles. The highest BCUT2D eigenvalue weighted by Crippen LogP contribution is 2.48. The van der Waals surface area contributed by atoms with Crippen LogP contribution in [0.4, 0.5) is 0 Å². The van der Waals surface area contributed by atoms with E-state index in [1.54, 1.807) is 0 Å². The van der Waals surface area contributed by atoms with Crippen LogP contribution in [0.5, 0.6) is 0 Å². The number of carbonyl (C=O) groups excluding carboxylic acids is 2. The van der Waals surface area contributed by atoms with Gasteiger partial charge in [-0.3, -0.25) is 9.59 Å². The standard InChI is InChI=1S/C17H28N2O2/c1-3-5-9-18-16(20)14-12-7-8-13(11-12)15(14)17(21)19-10-6-4-2/h7-8,12-15H,3-6,9-11H2,1-2H3,(H,18,20)(H,19,21)/t12-,13-,14-,15-/m0/s1. The van der Waals surface area contributed by atoms with Gasteiger partial charge in [0.25, 0.3) is 0 Å². The van der Waals surface area contributed by atoms with Gasteiger partial charge in [-0.1, -0.05) is 38.8 Å². The summed E-state index contributed by atoms with van der Waals surface area (Å²) < 4.78 is 0. The van der Waals surface area contributed by atoms with E-state index in [2.05, 4.69) is 36.6 Å². The van der Waals surface area contributed by atoms with E-state index < -0.39 is 0 Å². The number of amides is 2. The minimum atomic E-state index is -0.168. The molecule has 0 spiro atoms. The molecule has 2 rings (SSSR count). The predicted molar refractivity (Wildman–Crippen MR) is 83.6 cm³/mol. The molecule has 2 bridgehead atoms. The maximum Gasteiger partial charge on any atom is 0.224 e. The minimum absolute atomic E-state index is 0.0657. The second-order valence-corrected chi connectivity index (χ2v) is 6.29. The van der Waals surface area contributed by atoms with E-state index in [-0.39, 0.29) is 35.5 Å². The van der Waals surface area contributed by atoms with Crippen molar-refractivity contribution < 1.29 is 9.59 Å². The van der Waals surface area contributed by atoms with Gasteiger partial charge < -0.3 is 10.6 Å². The molecule has 2 amide bonds. The van der Waals surface area contributed by atoms with Crippen molar-refractivity contribution >= 4 is 11.8 Å². The number of hydrogen-bond acceptors (Lipinski definition) is 2. The Balaban J connectivity index is 1.95. The molecule has 0 aliphatic heterocycles. The van der Waals surface area contributed by atoms with Gasteiger partial charge in [-0.2, -0.15) is 0 Å². The highest BCUT2D eigenvalue weighted by Gasteiger charge is 2.51. The van der Waals surface area contributed by atoms with Crippen LogP contribution >= 0.6 is 0 Å². The average Bonchev–Trinajstić information content (AvgIpc) is 3.08. The zero-order valence-corrected chi connectivity index (χ0v) is 13.2. The number of hydrogen-bond donors (Lipinski definition) is 2. The first-order valence-electron chi connectivity index (χ1n) is 8.42. The average molecular weight is 292 g/mol. The zero-order valence-electron chi connectivity index (χ0n) is 13.2. The van der Waals surface area contributed by atoms with Crippen LogP contribution in [-0.4, -0.2) is 24.9 Å². The Bertz CT molecular complexity index is 370. The molecule has 1 saturated carbocycles.